The van der Waals surface area contributed by atoms with E-state index in [0.717, 1.165) is 5.56 Å². The Labute approximate surface area is 159 Å². The molecule has 2 rings (SSSR count). The number of benzene rings is 1. The maximum absolute atomic E-state index is 13.1. The number of rotatable bonds is 7. The summed E-state index contributed by atoms with van der Waals surface area (Å²) in [6.07, 6.45) is 2.40. The molecular weight excluding hydrogens is 374 g/mol. The van der Waals surface area contributed by atoms with Crippen molar-refractivity contribution in [3.05, 3.63) is 34.2 Å². The predicted octanol–water partition coefficient (Wildman–Crippen LogP) is 4.17. The Morgan fingerprint density at radius 1 is 1.30 bits per heavy atom. The minimum Gasteiger partial charge on any atom is -0.435 e. The number of allylic oxidation sites excluding steroid dienone is 1. The third kappa shape index (κ3) is 5.75. The van der Waals surface area contributed by atoms with E-state index in [-0.39, 0.29) is 35.5 Å². The van der Waals surface area contributed by atoms with E-state index >= 15 is 0 Å². The van der Waals surface area contributed by atoms with Crippen LogP contribution in [0.1, 0.15) is 44.7 Å². The van der Waals surface area contributed by atoms with Gasteiger partial charge in [0.1, 0.15) is 5.75 Å². The molecular formula is C19H24F2N2O3S. The van der Waals surface area contributed by atoms with Crippen LogP contribution in [0.2, 0.25) is 0 Å². The first-order chi connectivity index (χ1) is 12.5. The SMILES string of the molecule is CC(C)(C)CN(CCC#N)S(=O)(=O)C1=Cc2ccc(OC(F)F)cc2CC1. The molecule has 148 valence electrons. The summed E-state index contributed by atoms with van der Waals surface area (Å²) < 4.78 is 56.7. The van der Waals surface area contributed by atoms with Crippen molar-refractivity contribution in [1.82, 2.24) is 4.31 Å². The lowest BCUT2D eigenvalue weighted by molar-refractivity contribution is -0.0498. The molecule has 8 heteroatoms. The standard InChI is InChI=1S/C19H24F2N2O3S/c1-19(2,3)13-23(10-4-9-22)27(24,25)17-8-6-14-11-16(26-18(20)21)7-5-15(14)12-17/h5,7,11-12,18H,4,6,8,10,13H2,1-3H3. The molecule has 0 saturated carbocycles. The quantitative estimate of drug-likeness (QED) is 0.691. The lowest BCUT2D eigenvalue weighted by Gasteiger charge is -2.30. The van der Waals surface area contributed by atoms with E-state index in [1.807, 2.05) is 26.8 Å². The fourth-order valence-corrected chi connectivity index (χ4v) is 4.83. The average Bonchev–Trinajstić information content (AvgIpc) is 2.56. The van der Waals surface area contributed by atoms with Gasteiger partial charge < -0.3 is 4.74 Å². The number of nitrogens with zero attached hydrogens (tertiary/aromatic N) is 2. The van der Waals surface area contributed by atoms with Crippen molar-refractivity contribution < 1.29 is 21.9 Å². The summed E-state index contributed by atoms with van der Waals surface area (Å²) in [4.78, 5) is 0.278. The van der Waals surface area contributed by atoms with Gasteiger partial charge in [0.25, 0.3) is 0 Å². The maximum Gasteiger partial charge on any atom is 0.387 e. The largest absolute Gasteiger partial charge is 0.435 e. The van der Waals surface area contributed by atoms with Gasteiger partial charge in [-0.25, -0.2) is 8.42 Å². The van der Waals surface area contributed by atoms with Crippen molar-refractivity contribution in [2.75, 3.05) is 13.1 Å². The summed E-state index contributed by atoms with van der Waals surface area (Å²) in [5.74, 6) is 0.0619. The number of ether oxygens (including phenoxy) is 1. The number of halogens is 2. The van der Waals surface area contributed by atoms with Gasteiger partial charge in [-0.2, -0.15) is 18.3 Å². The van der Waals surface area contributed by atoms with Crippen LogP contribution < -0.4 is 4.74 Å². The summed E-state index contributed by atoms with van der Waals surface area (Å²) >= 11 is 0. The first kappa shape index (κ1) is 21.3. The molecule has 1 aromatic carbocycles. The number of alkyl halides is 2. The molecule has 27 heavy (non-hydrogen) atoms. The Balaban J connectivity index is 2.32. The molecule has 0 unspecified atom stereocenters. The topological polar surface area (TPSA) is 70.4 Å². The van der Waals surface area contributed by atoms with Crippen LogP contribution >= 0.6 is 0 Å². The molecule has 0 atom stereocenters. The highest BCUT2D eigenvalue weighted by Crippen LogP contribution is 2.32. The zero-order valence-corrected chi connectivity index (χ0v) is 16.5. The van der Waals surface area contributed by atoms with Crippen LogP contribution in [-0.2, 0) is 16.4 Å². The summed E-state index contributed by atoms with van der Waals surface area (Å²) in [6.45, 7) is 3.37. The number of aryl methyl sites for hydroxylation is 1. The molecule has 0 N–H and O–H groups in total. The highest BCUT2D eigenvalue weighted by atomic mass is 32.2. The van der Waals surface area contributed by atoms with E-state index in [9.17, 15) is 17.2 Å². The lowest BCUT2D eigenvalue weighted by atomic mass is 9.97. The average molecular weight is 398 g/mol. The fraction of sp³-hybridized carbons (Fsp3) is 0.526. The van der Waals surface area contributed by atoms with Gasteiger partial charge in [0.2, 0.25) is 10.0 Å². The summed E-state index contributed by atoms with van der Waals surface area (Å²) in [7, 11) is -3.71. The van der Waals surface area contributed by atoms with E-state index in [4.69, 9.17) is 5.26 Å². The van der Waals surface area contributed by atoms with Gasteiger partial charge >= 0.3 is 6.61 Å². The van der Waals surface area contributed by atoms with Crippen molar-refractivity contribution in [2.45, 2.75) is 46.6 Å². The second-order valence-corrected chi connectivity index (χ2v) is 9.65. The third-order valence-electron chi connectivity index (χ3n) is 4.09. The molecule has 0 bridgehead atoms. The van der Waals surface area contributed by atoms with Crippen LogP contribution in [0.25, 0.3) is 6.08 Å². The molecule has 0 radical (unpaired) electrons. The van der Waals surface area contributed by atoms with Crippen LogP contribution in [0, 0.1) is 16.7 Å². The Morgan fingerprint density at radius 3 is 2.59 bits per heavy atom. The molecule has 1 aliphatic carbocycles. The van der Waals surface area contributed by atoms with E-state index < -0.39 is 16.6 Å². The van der Waals surface area contributed by atoms with E-state index in [0.29, 0.717) is 18.5 Å². The molecule has 0 amide bonds. The van der Waals surface area contributed by atoms with E-state index in [2.05, 4.69) is 4.74 Å². The van der Waals surface area contributed by atoms with Crippen molar-refractivity contribution in [3.8, 4) is 11.8 Å². The van der Waals surface area contributed by atoms with E-state index in [1.165, 1.54) is 16.4 Å². The summed E-state index contributed by atoms with van der Waals surface area (Å²) in [5.41, 5.74) is 1.20. The van der Waals surface area contributed by atoms with Crippen LogP contribution in [0.4, 0.5) is 8.78 Å². The smallest absolute Gasteiger partial charge is 0.387 e. The Morgan fingerprint density at radius 2 is 2.00 bits per heavy atom. The van der Waals surface area contributed by atoms with Gasteiger partial charge in [-0.05, 0) is 47.6 Å². The monoisotopic (exact) mass is 398 g/mol. The molecule has 0 saturated heterocycles. The van der Waals surface area contributed by atoms with Crippen LogP contribution in [-0.4, -0.2) is 32.4 Å². The van der Waals surface area contributed by atoms with Crippen LogP contribution in [0.3, 0.4) is 0 Å². The van der Waals surface area contributed by atoms with Gasteiger partial charge in [-0.15, -0.1) is 0 Å². The van der Waals surface area contributed by atoms with Crippen molar-refractivity contribution >= 4 is 16.1 Å². The Hall–Kier alpha value is -1.98. The van der Waals surface area contributed by atoms with Gasteiger partial charge in [-0.3, -0.25) is 0 Å². The summed E-state index contributed by atoms with van der Waals surface area (Å²) in [6, 6.07) is 6.50. The second-order valence-electron chi connectivity index (χ2n) is 7.66. The zero-order valence-electron chi connectivity index (χ0n) is 15.7. The minimum absolute atomic E-state index is 0.0619. The first-order valence-electron chi connectivity index (χ1n) is 8.68. The molecule has 0 heterocycles. The Kier molecular flexibility index (Phi) is 6.60. The van der Waals surface area contributed by atoms with Gasteiger partial charge in [0.15, 0.2) is 0 Å². The minimum atomic E-state index is -3.71. The first-order valence-corrected chi connectivity index (χ1v) is 10.1. The number of sulfonamides is 1. The number of hydrogen-bond donors (Lipinski definition) is 0. The third-order valence-corrected chi connectivity index (χ3v) is 6.07. The zero-order chi connectivity index (χ0) is 20.2. The second kappa shape index (κ2) is 8.36. The molecule has 0 fully saturated rings. The highest BCUT2D eigenvalue weighted by Gasteiger charge is 2.31. The van der Waals surface area contributed by atoms with Crippen LogP contribution in [0.5, 0.6) is 5.75 Å². The molecule has 0 aromatic heterocycles. The van der Waals surface area contributed by atoms with E-state index in [1.54, 1.807) is 12.1 Å². The van der Waals surface area contributed by atoms with Gasteiger partial charge in [0, 0.05) is 19.5 Å². The maximum atomic E-state index is 13.1. The predicted molar refractivity (Wildman–Crippen MR) is 99.5 cm³/mol. The molecule has 0 aliphatic heterocycles. The highest BCUT2D eigenvalue weighted by molar-refractivity contribution is 7.93. The van der Waals surface area contributed by atoms with Crippen molar-refractivity contribution in [3.63, 3.8) is 0 Å². The van der Waals surface area contributed by atoms with Crippen molar-refractivity contribution in [1.29, 1.82) is 5.26 Å². The number of nitriles is 1. The fourth-order valence-electron chi connectivity index (χ4n) is 2.98. The summed E-state index contributed by atoms with van der Waals surface area (Å²) in [5, 5.41) is 8.86. The molecule has 1 aliphatic rings. The molecule has 5 nitrogen and oxygen atoms in total. The van der Waals surface area contributed by atoms with Crippen molar-refractivity contribution in [2.24, 2.45) is 5.41 Å². The molecule has 1 aromatic rings. The van der Waals surface area contributed by atoms with Gasteiger partial charge in [-0.1, -0.05) is 26.8 Å². The van der Waals surface area contributed by atoms with Gasteiger partial charge in [0.05, 0.1) is 11.0 Å². The number of fused-ring (bicyclic) bond motifs is 1. The molecule has 0 spiro atoms. The normalized spacial score (nSPS) is 14.7. The van der Waals surface area contributed by atoms with Crippen LogP contribution in [0.15, 0.2) is 23.1 Å². The number of hydrogen-bond acceptors (Lipinski definition) is 4. The lowest BCUT2D eigenvalue weighted by Crippen LogP contribution is -2.39. The Bertz CT molecular complexity index is 853.